The maximum Gasteiger partial charge on any atom is 0.264 e. The quantitative estimate of drug-likeness (QED) is 0.730. The summed E-state index contributed by atoms with van der Waals surface area (Å²) in [6.07, 6.45) is 1.74. The van der Waals surface area contributed by atoms with Crippen molar-refractivity contribution in [3.63, 3.8) is 0 Å². The van der Waals surface area contributed by atoms with Crippen LogP contribution in [0.3, 0.4) is 0 Å². The van der Waals surface area contributed by atoms with Crippen molar-refractivity contribution in [2.45, 2.75) is 0 Å². The second-order valence-electron chi connectivity index (χ2n) is 5.19. The van der Waals surface area contributed by atoms with Gasteiger partial charge in [-0.15, -0.1) is 0 Å². The van der Waals surface area contributed by atoms with Gasteiger partial charge in [-0.05, 0) is 48.2 Å². The third-order valence-corrected chi connectivity index (χ3v) is 4.97. The summed E-state index contributed by atoms with van der Waals surface area (Å²) in [5.74, 6) is 1.03. The number of halogens is 2. The smallest absolute Gasteiger partial charge is 0.264 e. The van der Waals surface area contributed by atoms with Crippen LogP contribution in [-0.2, 0) is 4.79 Å². The number of benzene rings is 2. The van der Waals surface area contributed by atoms with Gasteiger partial charge in [0.2, 0.25) is 0 Å². The molecule has 0 aromatic heterocycles. The molecule has 8 heteroatoms. The van der Waals surface area contributed by atoms with E-state index in [1.807, 2.05) is 6.07 Å². The molecule has 0 saturated carbocycles. The minimum Gasteiger partial charge on any atom is -0.497 e. The SMILES string of the molecule is COc1ccc(/C=C2/SC(=Nc3cc(Cl)ccc3Cl)NC2=O)c(OC)c1. The Morgan fingerprint density at radius 1 is 1.12 bits per heavy atom. The maximum absolute atomic E-state index is 12.2. The molecule has 5 nitrogen and oxygen atoms in total. The first-order chi connectivity index (χ1) is 12.5. The standard InChI is InChI=1S/C18H14Cl2N2O3S/c1-24-12-5-3-10(15(9-12)25-2)7-16-17(23)22-18(26-16)21-14-8-11(19)4-6-13(14)20/h3-9H,1-2H3,(H,21,22,23)/b16-7+. The highest BCUT2D eigenvalue weighted by molar-refractivity contribution is 8.18. The Hall–Kier alpha value is -2.15. The van der Waals surface area contributed by atoms with Crippen LogP contribution in [0.1, 0.15) is 5.56 Å². The highest BCUT2D eigenvalue weighted by atomic mass is 35.5. The number of amidine groups is 1. The molecule has 1 saturated heterocycles. The highest BCUT2D eigenvalue weighted by Gasteiger charge is 2.24. The number of hydrogen-bond acceptors (Lipinski definition) is 5. The predicted molar refractivity (Wildman–Crippen MR) is 107 cm³/mol. The number of hydrogen-bond donors (Lipinski definition) is 1. The Balaban J connectivity index is 1.89. The molecule has 0 spiro atoms. The van der Waals surface area contributed by atoms with Crippen molar-refractivity contribution < 1.29 is 14.3 Å². The molecule has 1 heterocycles. The van der Waals surface area contributed by atoms with Gasteiger partial charge in [0.05, 0.1) is 29.8 Å². The van der Waals surface area contributed by atoms with Gasteiger partial charge in [-0.25, -0.2) is 4.99 Å². The molecule has 1 N–H and O–H groups in total. The number of aliphatic imine (C=N–C) groups is 1. The summed E-state index contributed by atoms with van der Waals surface area (Å²) >= 11 is 13.3. The first kappa shape index (κ1) is 18.6. The average molecular weight is 409 g/mol. The Kier molecular flexibility index (Phi) is 5.76. The topological polar surface area (TPSA) is 59.9 Å². The lowest BCUT2D eigenvalue weighted by atomic mass is 10.1. The van der Waals surface area contributed by atoms with E-state index in [-0.39, 0.29) is 5.91 Å². The van der Waals surface area contributed by atoms with Crippen molar-refractivity contribution in [2.75, 3.05) is 14.2 Å². The largest absolute Gasteiger partial charge is 0.497 e. The van der Waals surface area contributed by atoms with Crippen LogP contribution in [0.2, 0.25) is 10.0 Å². The number of carbonyl (C=O) groups is 1. The molecule has 0 aliphatic carbocycles. The number of amides is 1. The Morgan fingerprint density at radius 3 is 2.65 bits per heavy atom. The van der Waals surface area contributed by atoms with Gasteiger partial charge in [0.25, 0.3) is 5.91 Å². The Labute approximate surface area is 165 Å². The second-order valence-corrected chi connectivity index (χ2v) is 7.06. The van der Waals surface area contributed by atoms with Gasteiger partial charge in [-0.3, -0.25) is 4.79 Å². The maximum atomic E-state index is 12.2. The van der Waals surface area contributed by atoms with E-state index < -0.39 is 0 Å². The number of nitrogens with zero attached hydrogens (tertiary/aromatic N) is 1. The zero-order valence-corrected chi connectivity index (χ0v) is 16.2. The lowest BCUT2D eigenvalue weighted by Crippen LogP contribution is -2.19. The number of ether oxygens (including phenoxy) is 2. The van der Waals surface area contributed by atoms with Crippen LogP contribution < -0.4 is 14.8 Å². The van der Waals surface area contributed by atoms with Crippen molar-refractivity contribution in [2.24, 2.45) is 4.99 Å². The fourth-order valence-corrected chi connectivity index (χ4v) is 3.39. The molecule has 1 amide bonds. The number of thioether (sulfide) groups is 1. The van der Waals surface area contributed by atoms with Crippen LogP contribution in [-0.4, -0.2) is 25.3 Å². The first-order valence-electron chi connectivity index (χ1n) is 7.47. The van der Waals surface area contributed by atoms with Crippen molar-refractivity contribution in [1.29, 1.82) is 0 Å². The summed E-state index contributed by atoms with van der Waals surface area (Å²) in [5.41, 5.74) is 1.25. The van der Waals surface area contributed by atoms with E-state index in [9.17, 15) is 4.79 Å². The van der Waals surface area contributed by atoms with E-state index in [0.717, 1.165) is 5.56 Å². The molecule has 0 radical (unpaired) electrons. The van der Waals surface area contributed by atoms with Gasteiger partial charge < -0.3 is 14.8 Å². The van der Waals surface area contributed by atoms with Gasteiger partial charge >= 0.3 is 0 Å². The zero-order valence-electron chi connectivity index (χ0n) is 13.9. The molecular formula is C18H14Cl2N2O3S. The lowest BCUT2D eigenvalue weighted by molar-refractivity contribution is -0.115. The fraction of sp³-hybridized carbons (Fsp3) is 0.111. The summed E-state index contributed by atoms with van der Waals surface area (Å²) in [5, 5.41) is 4.11. The van der Waals surface area contributed by atoms with E-state index in [4.69, 9.17) is 32.7 Å². The van der Waals surface area contributed by atoms with Crippen LogP contribution in [0.4, 0.5) is 5.69 Å². The van der Waals surface area contributed by atoms with Gasteiger partial charge in [-0.1, -0.05) is 23.2 Å². The van der Waals surface area contributed by atoms with Crippen LogP contribution >= 0.6 is 35.0 Å². The number of carbonyl (C=O) groups excluding carboxylic acids is 1. The minimum atomic E-state index is -0.246. The van der Waals surface area contributed by atoms with Gasteiger partial charge in [0.1, 0.15) is 11.5 Å². The molecule has 26 heavy (non-hydrogen) atoms. The molecule has 134 valence electrons. The summed E-state index contributed by atoms with van der Waals surface area (Å²) in [4.78, 5) is 17.1. The third-order valence-electron chi connectivity index (χ3n) is 3.51. The van der Waals surface area contributed by atoms with Crippen LogP contribution in [0.15, 0.2) is 46.3 Å². The fourth-order valence-electron chi connectivity index (χ4n) is 2.24. The van der Waals surface area contributed by atoms with Gasteiger partial charge in [0.15, 0.2) is 5.17 Å². The van der Waals surface area contributed by atoms with Crippen LogP contribution in [0, 0.1) is 0 Å². The molecular weight excluding hydrogens is 395 g/mol. The van der Waals surface area contributed by atoms with E-state index in [1.165, 1.54) is 11.8 Å². The summed E-state index contributed by atoms with van der Waals surface area (Å²) in [6, 6.07) is 10.3. The summed E-state index contributed by atoms with van der Waals surface area (Å²) in [6.45, 7) is 0. The summed E-state index contributed by atoms with van der Waals surface area (Å²) in [7, 11) is 3.14. The van der Waals surface area contributed by atoms with Gasteiger partial charge in [-0.2, -0.15) is 0 Å². The zero-order chi connectivity index (χ0) is 18.7. The number of rotatable bonds is 4. The van der Waals surface area contributed by atoms with Gasteiger partial charge in [0, 0.05) is 16.7 Å². The number of methoxy groups -OCH3 is 2. The Bertz CT molecular complexity index is 929. The molecule has 3 rings (SSSR count). The molecule has 1 aliphatic rings. The second kappa shape index (κ2) is 8.03. The molecule has 1 fully saturated rings. The summed E-state index contributed by atoms with van der Waals surface area (Å²) < 4.78 is 10.5. The van der Waals surface area contributed by atoms with Crippen molar-refractivity contribution >= 4 is 57.8 Å². The van der Waals surface area contributed by atoms with E-state index in [0.29, 0.717) is 37.3 Å². The molecule has 2 aromatic carbocycles. The van der Waals surface area contributed by atoms with Crippen molar-refractivity contribution in [3.05, 3.63) is 56.9 Å². The van der Waals surface area contributed by atoms with E-state index in [2.05, 4.69) is 10.3 Å². The van der Waals surface area contributed by atoms with Crippen molar-refractivity contribution in [1.82, 2.24) is 5.32 Å². The highest BCUT2D eigenvalue weighted by Crippen LogP contribution is 2.34. The molecule has 0 bridgehead atoms. The average Bonchev–Trinajstić information content (AvgIpc) is 2.97. The normalized spacial score (nSPS) is 16.8. The van der Waals surface area contributed by atoms with Crippen LogP contribution in [0.25, 0.3) is 6.08 Å². The molecule has 2 aromatic rings. The minimum absolute atomic E-state index is 0.246. The Morgan fingerprint density at radius 2 is 1.92 bits per heavy atom. The molecule has 0 atom stereocenters. The predicted octanol–water partition coefficient (Wildman–Crippen LogP) is 4.90. The number of nitrogens with one attached hydrogen (secondary N) is 1. The molecule has 0 unspecified atom stereocenters. The van der Waals surface area contributed by atoms with E-state index in [1.54, 1.807) is 50.6 Å². The third kappa shape index (κ3) is 4.15. The molecule has 1 aliphatic heterocycles. The lowest BCUT2D eigenvalue weighted by Gasteiger charge is -2.07. The monoisotopic (exact) mass is 408 g/mol. The van der Waals surface area contributed by atoms with Crippen molar-refractivity contribution in [3.8, 4) is 11.5 Å². The van der Waals surface area contributed by atoms with Crippen LogP contribution in [0.5, 0.6) is 11.5 Å². The van der Waals surface area contributed by atoms with E-state index >= 15 is 0 Å². The first-order valence-corrected chi connectivity index (χ1v) is 9.04.